The molecule has 3 atom stereocenters. The van der Waals surface area contributed by atoms with Gasteiger partial charge in [-0.3, -0.25) is 19.3 Å². The van der Waals surface area contributed by atoms with Crippen LogP contribution in [-0.2, 0) is 19.9 Å². The summed E-state index contributed by atoms with van der Waals surface area (Å²) >= 11 is 18.5. The minimum atomic E-state index is -1.11. The quantitative estimate of drug-likeness (QED) is 0.321. The van der Waals surface area contributed by atoms with Gasteiger partial charge in [0.05, 0.1) is 5.92 Å². The van der Waals surface area contributed by atoms with E-state index < -0.39 is 11.5 Å². The molecule has 0 bridgehead atoms. The summed E-state index contributed by atoms with van der Waals surface area (Å²) in [5.74, 6) is -1.05. The number of nitrogens with zero attached hydrogens (tertiary/aromatic N) is 2. The second-order valence-corrected chi connectivity index (χ2v) is 13.0. The SMILES string of the molecule is O=C1/C(=C/c2ccc(Cl)cc2)CN(C(=O)[C@H]2C[C@H]3CCCN3[C@]23C(=O)Nc2cc(Cl)ccc23)C/C1=C\c1ccc(Cl)cc1. The smallest absolute Gasteiger partial charge is 0.250 e. The van der Waals surface area contributed by atoms with Crippen LogP contribution >= 0.6 is 34.8 Å². The van der Waals surface area contributed by atoms with Gasteiger partial charge in [-0.1, -0.05) is 65.1 Å². The van der Waals surface area contributed by atoms with E-state index in [2.05, 4.69) is 10.2 Å². The number of benzene rings is 3. The van der Waals surface area contributed by atoms with Gasteiger partial charge in [-0.05, 0) is 85.5 Å². The molecular formula is C34H28Cl3N3O3. The van der Waals surface area contributed by atoms with Gasteiger partial charge < -0.3 is 10.2 Å². The van der Waals surface area contributed by atoms with Gasteiger partial charge in [0.15, 0.2) is 5.78 Å². The van der Waals surface area contributed by atoms with Crippen LogP contribution < -0.4 is 5.32 Å². The first-order chi connectivity index (χ1) is 20.7. The van der Waals surface area contributed by atoms with Crippen LogP contribution in [0.4, 0.5) is 5.69 Å². The van der Waals surface area contributed by atoms with Crippen LogP contribution in [0.1, 0.15) is 36.0 Å². The standard InChI is InChI=1S/C34H28Cl3N3O3/c35-24-7-3-20(4-8-24)14-22-18-39(19-23(31(22)41)15-21-5-9-25(36)10-6-21)32(42)29-17-27-2-1-13-40(27)34(29)28-12-11-26(37)16-30(28)38-33(34)43/h3-12,14-16,27,29H,1-2,13,17-19H2,(H,38,43)/b22-14+,23-15+/t27-,29-,34+/m1/s1. The van der Waals surface area contributed by atoms with Crippen molar-refractivity contribution in [3.8, 4) is 0 Å². The van der Waals surface area contributed by atoms with E-state index in [9.17, 15) is 14.4 Å². The number of amides is 2. The van der Waals surface area contributed by atoms with Crippen LogP contribution in [0.3, 0.4) is 0 Å². The summed E-state index contributed by atoms with van der Waals surface area (Å²) in [7, 11) is 0. The number of rotatable bonds is 3. The van der Waals surface area contributed by atoms with Crippen molar-refractivity contribution in [2.75, 3.05) is 25.0 Å². The molecule has 6 nitrogen and oxygen atoms in total. The fourth-order valence-electron chi connectivity index (χ4n) is 7.33. The van der Waals surface area contributed by atoms with Crippen molar-refractivity contribution in [1.29, 1.82) is 0 Å². The molecule has 43 heavy (non-hydrogen) atoms. The van der Waals surface area contributed by atoms with Crippen LogP contribution in [0.15, 0.2) is 77.9 Å². The maximum atomic E-state index is 14.7. The van der Waals surface area contributed by atoms with E-state index in [1.807, 2.05) is 42.5 Å². The van der Waals surface area contributed by atoms with Gasteiger partial charge in [0.25, 0.3) is 0 Å². The molecule has 3 aromatic carbocycles. The molecule has 3 aromatic rings. The Balaban J connectivity index is 1.30. The van der Waals surface area contributed by atoms with E-state index in [1.165, 1.54) is 0 Å². The molecule has 0 radical (unpaired) electrons. The lowest BCUT2D eigenvalue weighted by atomic mass is 9.77. The molecule has 4 aliphatic heterocycles. The number of halogens is 3. The Morgan fingerprint density at radius 2 is 1.42 bits per heavy atom. The molecule has 4 heterocycles. The molecular weight excluding hydrogens is 605 g/mol. The zero-order chi connectivity index (χ0) is 29.9. The molecule has 1 spiro atoms. The summed E-state index contributed by atoms with van der Waals surface area (Å²) < 4.78 is 0. The van der Waals surface area contributed by atoms with E-state index in [0.29, 0.717) is 38.3 Å². The largest absolute Gasteiger partial charge is 0.333 e. The number of ketones is 1. The summed E-state index contributed by atoms with van der Waals surface area (Å²) in [4.78, 5) is 46.4. The molecule has 0 aromatic heterocycles. The lowest BCUT2D eigenvalue weighted by Gasteiger charge is -2.39. The van der Waals surface area contributed by atoms with Gasteiger partial charge in [0.1, 0.15) is 5.54 Å². The molecule has 3 saturated heterocycles. The maximum absolute atomic E-state index is 14.7. The van der Waals surface area contributed by atoms with Crippen LogP contribution in [0, 0.1) is 5.92 Å². The number of hydrogen-bond donors (Lipinski definition) is 1. The number of carbonyl (C=O) groups excluding carboxylic acids is 3. The Morgan fingerprint density at radius 3 is 2.02 bits per heavy atom. The molecule has 7 rings (SSSR count). The lowest BCUT2D eigenvalue weighted by molar-refractivity contribution is -0.144. The third kappa shape index (κ3) is 4.81. The van der Waals surface area contributed by atoms with Crippen LogP contribution in [-0.4, -0.2) is 53.1 Å². The van der Waals surface area contributed by atoms with Gasteiger partial charge >= 0.3 is 0 Å². The first kappa shape index (κ1) is 28.4. The average Bonchev–Trinajstić information content (AvgIpc) is 3.66. The number of piperidine rings is 1. The van der Waals surface area contributed by atoms with Crippen molar-refractivity contribution >= 4 is 70.2 Å². The van der Waals surface area contributed by atoms with Crippen LogP contribution in [0.25, 0.3) is 12.2 Å². The molecule has 218 valence electrons. The van der Waals surface area contributed by atoms with Crippen molar-refractivity contribution in [2.45, 2.75) is 30.8 Å². The first-order valence-electron chi connectivity index (χ1n) is 14.4. The second kappa shape index (κ2) is 10.9. The van der Waals surface area contributed by atoms with Gasteiger partial charge in [-0.2, -0.15) is 0 Å². The minimum absolute atomic E-state index is 0.116. The third-order valence-corrected chi connectivity index (χ3v) is 9.91. The fourth-order valence-corrected chi connectivity index (χ4v) is 7.75. The number of hydrogen-bond acceptors (Lipinski definition) is 4. The molecule has 0 aliphatic carbocycles. The van der Waals surface area contributed by atoms with E-state index in [1.54, 1.807) is 41.3 Å². The van der Waals surface area contributed by atoms with E-state index >= 15 is 0 Å². The van der Waals surface area contributed by atoms with Crippen molar-refractivity contribution in [1.82, 2.24) is 9.80 Å². The Morgan fingerprint density at radius 1 is 0.837 bits per heavy atom. The van der Waals surface area contributed by atoms with E-state index in [4.69, 9.17) is 34.8 Å². The number of likely N-dealkylation sites (tertiary alicyclic amines) is 1. The Hall–Kier alpha value is -3.42. The summed E-state index contributed by atoms with van der Waals surface area (Å²) in [5, 5.41) is 4.76. The van der Waals surface area contributed by atoms with Gasteiger partial charge in [-0.25, -0.2) is 0 Å². The minimum Gasteiger partial charge on any atom is -0.333 e. The summed E-state index contributed by atoms with van der Waals surface area (Å²) in [6.07, 6.45) is 6.12. The molecule has 4 aliphatic rings. The number of anilines is 1. The second-order valence-electron chi connectivity index (χ2n) is 11.7. The molecule has 0 saturated carbocycles. The third-order valence-electron chi connectivity index (χ3n) is 9.17. The molecule has 0 unspecified atom stereocenters. The highest BCUT2D eigenvalue weighted by Gasteiger charge is 2.66. The maximum Gasteiger partial charge on any atom is 0.250 e. The number of Topliss-reactive ketones (excluding diaryl/α,β-unsaturated/α-hetero) is 1. The average molecular weight is 633 g/mol. The monoisotopic (exact) mass is 631 g/mol. The summed E-state index contributed by atoms with van der Waals surface area (Å²) in [6.45, 7) is 1.03. The fraction of sp³-hybridized carbons (Fsp3) is 0.265. The van der Waals surface area contributed by atoms with Gasteiger partial charge in [0.2, 0.25) is 11.8 Å². The number of fused-ring (bicyclic) bond motifs is 4. The normalized spacial score (nSPS) is 26.8. The van der Waals surface area contributed by atoms with Crippen molar-refractivity contribution in [2.24, 2.45) is 5.92 Å². The predicted octanol–water partition coefficient (Wildman–Crippen LogP) is 6.86. The molecule has 9 heteroatoms. The van der Waals surface area contributed by atoms with E-state index in [-0.39, 0.29) is 36.7 Å². The Labute approximate surface area is 264 Å². The number of nitrogens with one attached hydrogen (secondary N) is 1. The van der Waals surface area contributed by atoms with E-state index in [0.717, 1.165) is 36.1 Å². The van der Waals surface area contributed by atoms with Crippen LogP contribution in [0.2, 0.25) is 15.1 Å². The Bertz CT molecular complexity index is 1650. The highest BCUT2D eigenvalue weighted by molar-refractivity contribution is 6.31. The lowest BCUT2D eigenvalue weighted by Crippen LogP contribution is -2.56. The van der Waals surface area contributed by atoms with Crippen molar-refractivity contribution in [3.63, 3.8) is 0 Å². The van der Waals surface area contributed by atoms with Gasteiger partial charge in [-0.15, -0.1) is 0 Å². The first-order valence-corrected chi connectivity index (χ1v) is 15.5. The highest BCUT2D eigenvalue weighted by atomic mass is 35.5. The van der Waals surface area contributed by atoms with Gasteiger partial charge in [0, 0.05) is 56.6 Å². The van der Waals surface area contributed by atoms with Crippen molar-refractivity contribution in [3.05, 3.63) is 110 Å². The number of carbonyl (C=O) groups is 3. The highest BCUT2D eigenvalue weighted by Crippen LogP contribution is 2.56. The zero-order valence-corrected chi connectivity index (χ0v) is 25.4. The molecule has 2 amide bonds. The van der Waals surface area contributed by atoms with Crippen molar-refractivity contribution < 1.29 is 14.4 Å². The summed E-state index contributed by atoms with van der Waals surface area (Å²) in [5.41, 5.74) is 2.96. The molecule has 3 fully saturated rings. The van der Waals surface area contributed by atoms with Crippen LogP contribution in [0.5, 0.6) is 0 Å². The zero-order valence-electron chi connectivity index (χ0n) is 23.2. The molecule has 1 N–H and O–H groups in total. The topological polar surface area (TPSA) is 69.7 Å². The summed E-state index contributed by atoms with van der Waals surface area (Å²) in [6, 6.07) is 20.0. The Kier molecular flexibility index (Phi) is 7.21. The predicted molar refractivity (Wildman–Crippen MR) is 170 cm³/mol.